The van der Waals surface area contributed by atoms with E-state index in [1.54, 1.807) is 0 Å². The predicted molar refractivity (Wildman–Crippen MR) is 117 cm³/mol. The lowest BCUT2D eigenvalue weighted by Crippen LogP contribution is -2.41. The van der Waals surface area contributed by atoms with E-state index in [1.165, 1.54) is 25.7 Å². The van der Waals surface area contributed by atoms with E-state index in [0.29, 0.717) is 6.42 Å². The maximum Gasteiger partial charge on any atom is 0.326 e. The van der Waals surface area contributed by atoms with Crippen LogP contribution in [0, 0.1) is 0 Å². The van der Waals surface area contributed by atoms with Gasteiger partial charge in [0.05, 0.1) is 0 Å². The quantitative estimate of drug-likeness (QED) is 0.214. The molecule has 0 rings (SSSR count). The normalized spacial score (nSPS) is 12.4. The molecule has 6 nitrogen and oxygen atoms in total. The number of carbonyl (C=O) groups is 3. The minimum absolute atomic E-state index is 0.0264. The van der Waals surface area contributed by atoms with Crippen molar-refractivity contribution < 1.29 is 19.5 Å². The minimum atomic E-state index is -1.14. The third-order valence-electron chi connectivity index (χ3n) is 4.67. The van der Waals surface area contributed by atoms with Crippen LogP contribution >= 0.6 is 0 Å². The largest absolute Gasteiger partial charge is 0.480 e. The molecule has 0 unspecified atom stereocenters. The first kappa shape index (κ1) is 26.9. The summed E-state index contributed by atoms with van der Waals surface area (Å²) < 4.78 is 0. The van der Waals surface area contributed by atoms with Crippen LogP contribution in [0.15, 0.2) is 24.3 Å². The van der Waals surface area contributed by atoms with Gasteiger partial charge in [-0.3, -0.25) is 9.59 Å². The van der Waals surface area contributed by atoms with E-state index in [4.69, 9.17) is 10.8 Å². The smallest absolute Gasteiger partial charge is 0.326 e. The molecule has 0 aliphatic rings. The number of amides is 2. The lowest BCUT2D eigenvalue weighted by molar-refractivity contribution is -0.142. The fourth-order valence-electron chi connectivity index (χ4n) is 2.91. The zero-order valence-electron chi connectivity index (χ0n) is 18.0. The van der Waals surface area contributed by atoms with Gasteiger partial charge in [0, 0.05) is 12.8 Å². The molecule has 0 aromatic rings. The summed E-state index contributed by atoms with van der Waals surface area (Å²) in [5, 5.41) is 11.5. The molecule has 0 radical (unpaired) electrons. The molecule has 0 heterocycles. The fraction of sp³-hybridized carbons (Fsp3) is 0.696. The fourth-order valence-corrected chi connectivity index (χ4v) is 2.91. The van der Waals surface area contributed by atoms with Gasteiger partial charge in [-0.15, -0.1) is 0 Å². The van der Waals surface area contributed by atoms with Gasteiger partial charge in [0.25, 0.3) is 0 Å². The Bertz CT molecular complexity index is 515. The third-order valence-corrected chi connectivity index (χ3v) is 4.67. The highest BCUT2D eigenvalue weighted by Gasteiger charge is 2.20. The Balaban J connectivity index is 3.61. The summed E-state index contributed by atoms with van der Waals surface area (Å²) in [4.78, 5) is 33.7. The molecule has 29 heavy (non-hydrogen) atoms. The van der Waals surface area contributed by atoms with Crippen molar-refractivity contribution in [2.45, 2.75) is 103 Å². The number of nitrogens with one attached hydrogen (secondary N) is 1. The van der Waals surface area contributed by atoms with Crippen LogP contribution in [0.1, 0.15) is 96.8 Å². The van der Waals surface area contributed by atoms with Crippen LogP contribution in [0.3, 0.4) is 0 Å². The van der Waals surface area contributed by atoms with Crippen molar-refractivity contribution in [3.63, 3.8) is 0 Å². The molecule has 6 heteroatoms. The first-order valence-corrected chi connectivity index (χ1v) is 11.1. The van der Waals surface area contributed by atoms with Crippen LogP contribution in [0.5, 0.6) is 0 Å². The summed E-state index contributed by atoms with van der Waals surface area (Å²) in [6.07, 6.45) is 21.4. The number of aliphatic carboxylic acids is 1. The van der Waals surface area contributed by atoms with Crippen molar-refractivity contribution >= 4 is 17.8 Å². The summed E-state index contributed by atoms with van der Waals surface area (Å²) >= 11 is 0. The van der Waals surface area contributed by atoms with Crippen LogP contribution in [-0.2, 0) is 14.4 Å². The van der Waals surface area contributed by atoms with Crippen molar-refractivity contribution in [3.8, 4) is 0 Å². The molecule has 1 atom stereocenters. The average molecular weight is 409 g/mol. The van der Waals surface area contributed by atoms with E-state index in [0.717, 1.165) is 44.9 Å². The molecule has 2 amide bonds. The molecule has 166 valence electrons. The second kappa shape index (κ2) is 19.2. The van der Waals surface area contributed by atoms with E-state index in [1.807, 2.05) is 0 Å². The number of unbranched alkanes of at least 4 members (excludes halogenated alkanes) is 8. The van der Waals surface area contributed by atoms with Gasteiger partial charge < -0.3 is 16.2 Å². The number of carboxylic acids is 1. The highest BCUT2D eigenvalue weighted by atomic mass is 16.4. The van der Waals surface area contributed by atoms with Crippen LogP contribution in [-0.4, -0.2) is 28.9 Å². The molecule has 0 saturated carbocycles. The van der Waals surface area contributed by atoms with Gasteiger partial charge in [0.2, 0.25) is 11.8 Å². The molecule has 4 N–H and O–H groups in total. The molecular formula is C23H40N2O4. The lowest BCUT2D eigenvalue weighted by atomic mass is 10.1. The molecule has 0 fully saturated rings. The zero-order valence-corrected chi connectivity index (χ0v) is 18.0. The summed E-state index contributed by atoms with van der Waals surface area (Å²) in [7, 11) is 0. The first-order valence-electron chi connectivity index (χ1n) is 11.1. The summed E-state index contributed by atoms with van der Waals surface area (Å²) in [5.41, 5.74) is 5.02. The Labute approximate surface area is 176 Å². The highest BCUT2D eigenvalue weighted by molar-refractivity contribution is 5.84. The van der Waals surface area contributed by atoms with Gasteiger partial charge in [-0.05, 0) is 44.9 Å². The molecule has 0 aliphatic carbocycles. The number of nitrogens with two attached hydrogens (primary N) is 1. The molecule has 0 bridgehead atoms. The summed E-state index contributed by atoms with van der Waals surface area (Å²) in [6.45, 7) is 2.22. The molecule has 0 aliphatic heterocycles. The van der Waals surface area contributed by atoms with E-state index in [9.17, 15) is 14.4 Å². The predicted octanol–water partition coefficient (Wildman–Crippen LogP) is 4.63. The van der Waals surface area contributed by atoms with E-state index in [-0.39, 0.29) is 18.7 Å². The Morgan fingerprint density at radius 1 is 0.862 bits per heavy atom. The number of allylic oxidation sites excluding steroid dienone is 4. The minimum Gasteiger partial charge on any atom is -0.480 e. The number of hydrogen-bond acceptors (Lipinski definition) is 3. The van der Waals surface area contributed by atoms with Crippen LogP contribution in [0.4, 0.5) is 0 Å². The van der Waals surface area contributed by atoms with Crippen molar-refractivity contribution in [1.29, 1.82) is 0 Å². The van der Waals surface area contributed by atoms with Gasteiger partial charge in [0.1, 0.15) is 6.04 Å². The van der Waals surface area contributed by atoms with Crippen LogP contribution in [0.2, 0.25) is 0 Å². The van der Waals surface area contributed by atoms with Crippen molar-refractivity contribution in [2.75, 3.05) is 0 Å². The van der Waals surface area contributed by atoms with E-state index >= 15 is 0 Å². The molecule has 0 saturated heterocycles. The molecule has 0 aromatic carbocycles. The highest BCUT2D eigenvalue weighted by Crippen LogP contribution is 2.08. The third kappa shape index (κ3) is 19.0. The SMILES string of the molecule is CCCCC/C=C\C/C=C\CCCCCCCC(=O)N[C@H](CCC(N)=O)C(=O)O. The van der Waals surface area contributed by atoms with Gasteiger partial charge >= 0.3 is 5.97 Å². The van der Waals surface area contributed by atoms with E-state index < -0.39 is 17.9 Å². The number of carbonyl (C=O) groups excluding carboxylic acids is 2. The number of hydrogen-bond donors (Lipinski definition) is 3. The molecule has 0 spiro atoms. The van der Waals surface area contributed by atoms with Crippen LogP contribution < -0.4 is 11.1 Å². The summed E-state index contributed by atoms with van der Waals surface area (Å²) in [5.74, 6) is -1.99. The summed E-state index contributed by atoms with van der Waals surface area (Å²) in [6, 6.07) is -1.05. The monoisotopic (exact) mass is 408 g/mol. The van der Waals surface area contributed by atoms with Crippen molar-refractivity contribution in [1.82, 2.24) is 5.32 Å². The molecular weight excluding hydrogens is 368 g/mol. The second-order valence-electron chi connectivity index (χ2n) is 7.44. The zero-order chi connectivity index (χ0) is 21.7. The van der Waals surface area contributed by atoms with Gasteiger partial charge in [-0.1, -0.05) is 63.3 Å². The number of rotatable bonds is 19. The van der Waals surface area contributed by atoms with Gasteiger partial charge in [-0.25, -0.2) is 4.79 Å². The number of carboxylic acid groups (broad SMARTS) is 1. The average Bonchev–Trinajstić information content (AvgIpc) is 2.67. The lowest BCUT2D eigenvalue weighted by Gasteiger charge is -2.13. The Kier molecular flexibility index (Phi) is 17.8. The van der Waals surface area contributed by atoms with Crippen molar-refractivity contribution in [2.24, 2.45) is 5.73 Å². The number of primary amides is 1. The van der Waals surface area contributed by atoms with Gasteiger partial charge in [0.15, 0.2) is 0 Å². The topological polar surface area (TPSA) is 109 Å². The first-order chi connectivity index (χ1) is 14.0. The standard InChI is InChI=1S/C23H40N2O4/c1-2-3-4-5-6-7-8-9-10-11-12-13-14-15-16-17-22(27)25-20(23(28)29)18-19-21(24)26/h6-7,9-10,20H,2-5,8,11-19H2,1H3,(H2,24,26)(H,25,27)(H,28,29)/b7-6-,10-9-/t20-/m1/s1. The Morgan fingerprint density at radius 3 is 2.03 bits per heavy atom. The van der Waals surface area contributed by atoms with Gasteiger partial charge in [-0.2, -0.15) is 0 Å². The second-order valence-corrected chi connectivity index (χ2v) is 7.44. The Morgan fingerprint density at radius 2 is 1.45 bits per heavy atom. The Hall–Kier alpha value is -2.11. The molecule has 0 aromatic heterocycles. The van der Waals surface area contributed by atoms with Crippen molar-refractivity contribution in [3.05, 3.63) is 24.3 Å². The maximum atomic E-state index is 11.8. The maximum absolute atomic E-state index is 11.8. The van der Waals surface area contributed by atoms with E-state index in [2.05, 4.69) is 36.5 Å². The van der Waals surface area contributed by atoms with Crippen LogP contribution in [0.25, 0.3) is 0 Å².